The monoisotopic (exact) mass is 338 g/mol. The first-order chi connectivity index (χ1) is 12.3. The predicted molar refractivity (Wildman–Crippen MR) is 101 cm³/mol. The largest absolute Gasteiger partial charge is 0.370 e. The molecule has 0 aliphatic carbocycles. The van der Waals surface area contributed by atoms with Gasteiger partial charge in [0.05, 0.1) is 0 Å². The van der Waals surface area contributed by atoms with E-state index in [4.69, 9.17) is 0 Å². The van der Waals surface area contributed by atoms with Gasteiger partial charge in [-0.1, -0.05) is 6.07 Å². The van der Waals surface area contributed by atoms with Gasteiger partial charge in [-0.25, -0.2) is 15.0 Å². The molecule has 2 aliphatic rings. The molecule has 1 unspecified atom stereocenters. The molecule has 1 atom stereocenters. The summed E-state index contributed by atoms with van der Waals surface area (Å²) < 4.78 is 0. The Morgan fingerprint density at radius 3 is 2.68 bits per heavy atom. The van der Waals surface area contributed by atoms with Crippen LogP contribution in [0.5, 0.6) is 0 Å². The molecule has 0 saturated carbocycles. The zero-order chi connectivity index (χ0) is 17.1. The molecule has 0 radical (unpaired) electrons. The number of nitrogens with zero attached hydrogens (tertiary/aromatic N) is 5. The standard InChI is InChI=1S/C19H26N6/c1-15-5-4-6-17(23-15)20-12-16-7-10-25(13-16)19-11-18(21-14-22-19)24-8-2-3-9-24/h4-6,11,14,16H,2-3,7-10,12-13H2,1H3,(H,20,23). The highest BCUT2D eigenvalue weighted by atomic mass is 15.2. The second kappa shape index (κ2) is 7.25. The lowest BCUT2D eigenvalue weighted by Gasteiger charge is -2.21. The molecule has 1 N–H and O–H groups in total. The van der Waals surface area contributed by atoms with E-state index in [9.17, 15) is 0 Å². The number of rotatable bonds is 5. The van der Waals surface area contributed by atoms with Crippen molar-refractivity contribution in [2.75, 3.05) is 47.8 Å². The van der Waals surface area contributed by atoms with E-state index in [1.165, 1.54) is 19.3 Å². The summed E-state index contributed by atoms with van der Waals surface area (Å²) in [6.45, 7) is 7.31. The minimum atomic E-state index is 0.618. The van der Waals surface area contributed by atoms with E-state index in [1.54, 1.807) is 6.33 Å². The Morgan fingerprint density at radius 2 is 1.88 bits per heavy atom. The first kappa shape index (κ1) is 16.1. The maximum Gasteiger partial charge on any atom is 0.134 e. The van der Waals surface area contributed by atoms with E-state index < -0.39 is 0 Å². The molecule has 25 heavy (non-hydrogen) atoms. The molecule has 4 rings (SSSR count). The van der Waals surface area contributed by atoms with Crippen molar-refractivity contribution in [3.63, 3.8) is 0 Å². The second-order valence-electron chi connectivity index (χ2n) is 7.07. The maximum absolute atomic E-state index is 4.52. The van der Waals surface area contributed by atoms with E-state index in [-0.39, 0.29) is 0 Å². The van der Waals surface area contributed by atoms with E-state index in [0.717, 1.165) is 55.9 Å². The van der Waals surface area contributed by atoms with Gasteiger partial charge in [0.25, 0.3) is 0 Å². The molecule has 0 spiro atoms. The van der Waals surface area contributed by atoms with E-state index in [2.05, 4.69) is 36.1 Å². The summed E-state index contributed by atoms with van der Waals surface area (Å²) in [5.74, 6) is 3.73. The fraction of sp³-hybridized carbons (Fsp3) is 0.526. The van der Waals surface area contributed by atoms with Crippen LogP contribution in [0.25, 0.3) is 0 Å². The zero-order valence-electron chi connectivity index (χ0n) is 14.9. The number of aryl methyl sites for hydroxylation is 1. The first-order valence-corrected chi connectivity index (χ1v) is 9.27. The third-order valence-electron chi connectivity index (χ3n) is 5.14. The summed E-state index contributed by atoms with van der Waals surface area (Å²) in [6, 6.07) is 8.26. The molecule has 2 aromatic heterocycles. The van der Waals surface area contributed by atoms with Crippen molar-refractivity contribution < 1.29 is 0 Å². The van der Waals surface area contributed by atoms with E-state index in [1.807, 2.05) is 25.1 Å². The molecule has 2 fully saturated rings. The van der Waals surface area contributed by atoms with Crippen LogP contribution in [-0.2, 0) is 0 Å². The Kier molecular flexibility index (Phi) is 4.68. The summed E-state index contributed by atoms with van der Waals surface area (Å²) in [6.07, 6.45) is 5.43. The lowest BCUT2D eigenvalue weighted by molar-refractivity contribution is 0.620. The van der Waals surface area contributed by atoms with Gasteiger partial charge in [0, 0.05) is 44.5 Å². The van der Waals surface area contributed by atoms with Crippen LogP contribution in [0.1, 0.15) is 25.0 Å². The maximum atomic E-state index is 4.52. The zero-order valence-corrected chi connectivity index (χ0v) is 14.9. The summed E-state index contributed by atoms with van der Waals surface area (Å²) in [5.41, 5.74) is 1.05. The van der Waals surface area contributed by atoms with Gasteiger partial charge in [0.2, 0.25) is 0 Å². The Morgan fingerprint density at radius 1 is 1.08 bits per heavy atom. The number of pyridine rings is 1. The van der Waals surface area contributed by atoms with Gasteiger partial charge in [0.15, 0.2) is 0 Å². The Labute approximate surface area is 149 Å². The van der Waals surface area contributed by atoms with Crippen LogP contribution in [0.3, 0.4) is 0 Å². The third-order valence-corrected chi connectivity index (χ3v) is 5.14. The molecule has 0 bridgehead atoms. The van der Waals surface area contributed by atoms with Crippen LogP contribution in [0, 0.1) is 12.8 Å². The average molecular weight is 338 g/mol. The van der Waals surface area contributed by atoms with Crippen LogP contribution >= 0.6 is 0 Å². The summed E-state index contributed by atoms with van der Waals surface area (Å²) in [7, 11) is 0. The highest BCUT2D eigenvalue weighted by Crippen LogP contribution is 2.26. The van der Waals surface area contributed by atoms with Crippen molar-refractivity contribution in [2.24, 2.45) is 5.92 Å². The minimum absolute atomic E-state index is 0.618. The molecular formula is C19H26N6. The Balaban J connectivity index is 1.35. The van der Waals surface area contributed by atoms with Crippen LogP contribution in [0.2, 0.25) is 0 Å². The normalized spacial score (nSPS) is 20.3. The molecule has 0 amide bonds. The third kappa shape index (κ3) is 3.83. The van der Waals surface area contributed by atoms with Crippen molar-refractivity contribution in [2.45, 2.75) is 26.2 Å². The number of hydrogen-bond donors (Lipinski definition) is 1. The van der Waals surface area contributed by atoms with Crippen molar-refractivity contribution in [1.29, 1.82) is 0 Å². The number of hydrogen-bond acceptors (Lipinski definition) is 6. The van der Waals surface area contributed by atoms with Crippen LogP contribution in [0.15, 0.2) is 30.6 Å². The molecular weight excluding hydrogens is 312 g/mol. The van der Waals surface area contributed by atoms with Crippen LogP contribution in [0.4, 0.5) is 17.5 Å². The van der Waals surface area contributed by atoms with Crippen molar-refractivity contribution in [3.8, 4) is 0 Å². The molecule has 2 aromatic rings. The van der Waals surface area contributed by atoms with Crippen molar-refractivity contribution >= 4 is 17.5 Å². The van der Waals surface area contributed by atoms with Crippen LogP contribution < -0.4 is 15.1 Å². The van der Waals surface area contributed by atoms with Gasteiger partial charge >= 0.3 is 0 Å². The Bertz CT molecular complexity index is 713. The SMILES string of the molecule is Cc1cccc(NCC2CCN(c3cc(N4CCCC4)ncn3)C2)n1. The van der Waals surface area contributed by atoms with Gasteiger partial charge in [-0.3, -0.25) is 0 Å². The quantitative estimate of drug-likeness (QED) is 0.905. The molecule has 6 nitrogen and oxygen atoms in total. The lowest BCUT2D eigenvalue weighted by atomic mass is 10.1. The number of nitrogens with one attached hydrogen (secondary N) is 1. The van der Waals surface area contributed by atoms with Gasteiger partial charge in [0.1, 0.15) is 23.8 Å². The van der Waals surface area contributed by atoms with Gasteiger partial charge in [-0.05, 0) is 44.2 Å². The first-order valence-electron chi connectivity index (χ1n) is 9.27. The Hall–Kier alpha value is -2.37. The fourth-order valence-electron chi connectivity index (χ4n) is 3.73. The molecule has 2 saturated heterocycles. The summed E-state index contributed by atoms with van der Waals surface area (Å²) in [4.78, 5) is 18.2. The van der Waals surface area contributed by atoms with E-state index in [0.29, 0.717) is 5.92 Å². The minimum Gasteiger partial charge on any atom is -0.370 e. The molecule has 132 valence electrons. The van der Waals surface area contributed by atoms with Gasteiger partial charge in [-0.15, -0.1) is 0 Å². The topological polar surface area (TPSA) is 57.2 Å². The predicted octanol–water partition coefficient (Wildman–Crippen LogP) is 2.72. The molecule has 4 heterocycles. The lowest BCUT2D eigenvalue weighted by Crippen LogP contribution is -2.25. The summed E-state index contributed by atoms with van der Waals surface area (Å²) >= 11 is 0. The average Bonchev–Trinajstić information content (AvgIpc) is 3.32. The van der Waals surface area contributed by atoms with Gasteiger partial charge < -0.3 is 15.1 Å². The molecule has 0 aromatic carbocycles. The van der Waals surface area contributed by atoms with Crippen LogP contribution in [-0.4, -0.2) is 47.7 Å². The fourth-order valence-corrected chi connectivity index (χ4v) is 3.73. The number of anilines is 3. The summed E-state index contributed by atoms with van der Waals surface area (Å²) in [5, 5.41) is 3.48. The smallest absolute Gasteiger partial charge is 0.134 e. The highest BCUT2D eigenvalue weighted by Gasteiger charge is 2.24. The van der Waals surface area contributed by atoms with Crippen molar-refractivity contribution in [1.82, 2.24) is 15.0 Å². The molecule has 6 heteroatoms. The van der Waals surface area contributed by atoms with E-state index >= 15 is 0 Å². The number of aromatic nitrogens is 3. The molecule has 2 aliphatic heterocycles. The van der Waals surface area contributed by atoms with Crippen molar-refractivity contribution in [3.05, 3.63) is 36.3 Å². The van der Waals surface area contributed by atoms with Gasteiger partial charge in [-0.2, -0.15) is 0 Å². The second-order valence-corrected chi connectivity index (χ2v) is 7.07. The highest BCUT2D eigenvalue weighted by molar-refractivity contribution is 5.51.